The van der Waals surface area contributed by atoms with Crippen molar-refractivity contribution in [2.24, 2.45) is 5.73 Å². The summed E-state index contributed by atoms with van der Waals surface area (Å²) in [7, 11) is 0. The number of hydrogen-bond acceptors (Lipinski definition) is 1. The Balaban J connectivity index is 1.86. The Hall–Kier alpha value is -1.77. The second-order valence-electron chi connectivity index (χ2n) is 4.72. The van der Waals surface area contributed by atoms with Gasteiger partial charge in [0.15, 0.2) is 0 Å². The molecule has 2 nitrogen and oxygen atoms in total. The molecule has 96 valence electrons. The molecule has 0 aliphatic rings. The molecule has 0 saturated carbocycles. The number of fused-ring (bicyclic) bond motifs is 1. The molecule has 1 heterocycles. The van der Waals surface area contributed by atoms with E-state index < -0.39 is 0 Å². The summed E-state index contributed by atoms with van der Waals surface area (Å²) in [4.78, 5) is 3.28. The third-order valence-electron chi connectivity index (χ3n) is 3.41. The van der Waals surface area contributed by atoms with Crippen LogP contribution in [0.2, 0.25) is 5.02 Å². The number of benzene rings is 2. The van der Waals surface area contributed by atoms with Gasteiger partial charge in [-0.05, 0) is 35.7 Å². The van der Waals surface area contributed by atoms with Crippen molar-refractivity contribution < 1.29 is 0 Å². The van der Waals surface area contributed by atoms with E-state index in [-0.39, 0.29) is 6.04 Å². The Morgan fingerprint density at radius 2 is 1.79 bits per heavy atom. The van der Waals surface area contributed by atoms with Gasteiger partial charge in [0.25, 0.3) is 0 Å². The number of para-hydroxylation sites is 1. The summed E-state index contributed by atoms with van der Waals surface area (Å²) in [5.41, 5.74) is 9.78. The first kappa shape index (κ1) is 12.3. The van der Waals surface area contributed by atoms with E-state index in [1.54, 1.807) is 0 Å². The Labute approximate surface area is 117 Å². The standard InChI is InChI=1S/C16H15ClN2/c17-13-7-5-11(6-8-13)15(18)9-12-10-19-16-4-2-1-3-14(12)16/h1-8,10,15,19H,9,18H2. The van der Waals surface area contributed by atoms with E-state index in [0.717, 1.165) is 22.5 Å². The average Bonchev–Trinajstić information content (AvgIpc) is 2.83. The van der Waals surface area contributed by atoms with Crippen molar-refractivity contribution in [1.29, 1.82) is 0 Å². The number of aromatic amines is 1. The Kier molecular flexibility index (Phi) is 3.28. The van der Waals surface area contributed by atoms with E-state index in [2.05, 4.69) is 17.1 Å². The second kappa shape index (κ2) is 5.08. The number of aromatic nitrogens is 1. The lowest BCUT2D eigenvalue weighted by atomic mass is 9.99. The summed E-state index contributed by atoms with van der Waals surface area (Å²) in [5.74, 6) is 0. The zero-order valence-corrected chi connectivity index (χ0v) is 11.2. The van der Waals surface area contributed by atoms with Gasteiger partial charge in [0.1, 0.15) is 0 Å². The molecule has 2 aromatic carbocycles. The molecule has 1 unspecified atom stereocenters. The average molecular weight is 271 g/mol. The van der Waals surface area contributed by atoms with Crippen LogP contribution < -0.4 is 5.73 Å². The lowest BCUT2D eigenvalue weighted by Crippen LogP contribution is -2.12. The summed E-state index contributed by atoms with van der Waals surface area (Å²) in [5, 5.41) is 1.98. The fourth-order valence-corrected chi connectivity index (χ4v) is 2.49. The van der Waals surface area contributed by atoms with Crippen LogP contribution in [-0.2, 0) is 6.42 Å². The summed E-state index contributed by atoms with van der Waals surface area (Å²) in [6, 6.07) is 16.0. The topological polar surface area (TPSA) is 41.8 Å². The van der Waals surface area contributed by atoms with Gasteiger partial charge in [0.05, 0.1) is 0 Å². The Morgan fingerprint density at radius 3 is 2.58 bits per heavy atom. The number of H-pyrrole nitrogens is 1. The van der Waals surface area contributed by atoms with Gasteiger partial charge in [-0.15, -0.1) is 0 Å². The first-order valence-electron chi connectivity index (χ1n) is 6.30. The SMILES string of the molecule is NC(Cc1c[nH]c2ccccc12)c1ccc(Cl)cc1. The van der Waals surface area contributed by atoms with Crippen LogP contribution in [0.25, 0.3) is 10.9 Å². The first-order valence-corrected chi connectivity index (χ1v) is 6.68. The number of hydrogen-bond donors (Lipinski definition) is 2. The molecule has 1 atom stereocenters. The zero-order valence-electron chi connectivity index (χ0n) is 10.4. The third-order valence-corrected chi connectivity index (χ3v) is 3.66. The molecule has 3 rings (SSSR count). The van der Waals surface area contributed by atoms with Crippen molar-refractivity contribution in [3.05, 3.63) is 70.9 Å². The highest BCUT2D eigenvalue weighted by Crippen LogP contribution is 2.23. The number of rotatable bonds is 3. The normalized spacial score (nSPS) is 12.7. The maximum Gasteiger partial charge on any atom is 0.0456 e. The van der Waals surface area contributed by atoms with Crippen molar-refractivity contribution in [3.63, 3.8) is 0 Å². The molecule has 0 aliphatic heterocycles. The van der Waals surface area contributed by atoms with Crippen molar-refractivity contribution in [2.45, 2.75) is 12.5 Å². The summed E-state index contributed by atoms with van der Waals surface area (Å²) in [6.45, 7) is 0. The predicted octanol–water partition coefficient (Wildman–Crippen LogP) is 4.06. The van der Waals surface area contributed by atoms with E-state index >= 15 is 0 Å². The molecule has 0 spiro atoms. The second-order valence-corrected chi connectivity index (χ2v) is 5.16. The minimum Gasteiger partial charge on any atom is -0.361 e. The maximum atomic E-state index is 6.27. The molecular formula is C16H15ClN2. The highest BCUT2D eigenvalue weighted by atomic mass is 35.5. The Morgan fingerprint density at radius 1 is 1.05 bits per heavy atom. The van der Waals surface area contributed by atoms with Gasteiger partial charge in [-0.25, -0.2) is 0 Å². The number of halogens is 1. The minimum atomic E-state index is -0.0172. The molecule has 1 aromatic heterocycles. The van der Waals surface area contributed by atoms with Crippen LogP contribution in [-0.4, -0.2) is 4.98 Å². The van der Waals surface area contributed by atoms with Crippen LogP contribution in [0.5, 0.6) is 0 Å². The van der Waals surface area contributed by atoms with Gasteiger partial charge in [-0.3, -0.25) is 0 Å². The quantitative estimate of drug-likeness (QED) is 0.740. The van der Waals surface area contributed by atoms with Crippen molar-refractivity contribution in [1.82, 2.24) is 4.98 Å². The highest BCUT2D eigenvalue weighted by molar-refractivity contribution is 6.30. The van der Waals surface area contributed by atoms with Gasteiger partial charge >= 0.3 is 0 Å². The van der Waals surface area contributed by atoms with Crippen LogP contribution in [0.1, 0.15) is 17.2 Å². The predicted molar refractivity (Wildman–Crippen MR) is 80.4 cm³/mol. The molecule has 3 aromatic rings. The minimum absolute atomic E-state index is 0.0172. The summed E-state index contributed by atoms with van der Waals surface area (Å²) >= 11 is 5.89. The van der Waals surface area contributed by atoms with E-state index in [9.17, 15) is 0 Å². The highest BCUT2D eigenvalue weighted by Gasteiger charge is 2.10. The molecule has 0 fully saturated rings. The summed E-state index contributed by atoms with van der Waals surface area (Å²) in [6.07, 6.45) is 2.85. The van der Waals surface area contributed by atoms with E-state index in [0.29, 0.717) is 0 Å². The Bertz CT molecular complexity index is 685. The fourth-order valence-electron chi connectivity index (χ4n) is 2.37. The smallest absolute Gasteiger partial charge is 0.0456 e. The van der Waals surface area contributed by atoms with Gasteiger partial charge in [-0.2, -0.15) is 0 Å². The lowest BCUT2D eigenvalue weighted by molar-refractivity contribution is 0.725. The molecule has 19 heavy (non-hydrogen) atoms. The lowest BCUT2D eigenvalue weighted by Gasteiger charge is -2.11. The molecule has 0 radical (unpaired) electrons. The monoisotopic (exact) mass is 270 g/mol. The molecule has 0 bridgehead atoms. The third kappa shape index (κ3) is 2.50. The van der Waals surface area contributed by atoms with Crippen LogP contribution in [0.4, 0.5) is 0 Å². The largest absolute Gasteiger partial charge is 0.361 e. The van der Waals surface area contributed by atoms with Crippen LogP contribution in [0.3, 0.4) is 0 Å². The summed E-state index contributed by atoms with van der Waals surface area (Å²) < 4.78 is 0. The number of nitrogens with two attached hydrogens (primary N) is 1. The van der Waals surface area contributed by atoms with Crippen molar-refractivity contribution in [3.8, 4) is 0 Å². The molecule has 0 aliphatic carbocycles. The van der Waals surface area contributed by atoms with Gasteiger partial charge < -0.3 is 10.7 Å². The molecule has 0 saturated heterocycles. The van der Waals surface area contributed by atoms with Crippen molar-refractivity contribution in [2.75, 3.05) is 0 Å². The molecule has 3 heteroatoms. The molecule has 3 N–H and O–H groups in total. The van der Waals surface area contributed by atoms with Gasteiger partial charge in [0.2, 0.25) is 0 Å². The number of nitrogens with one attached hydrogen (secondary N) is 1. The van der Waals surface area contributed by atoms with E-state index in [4.69, 9.17) is 17.3 Å². The van der Waals surface area contributed by atoms with Gasteiger partial charge in [-0.1, -0.05) is 41.9 Å². The van der Waals surface area contributed by atoms with E-state index in [1.807, 2.05) is 42.6 Å². The van der Waals surface area contributed by atoms with Crippen LogP contribution in [0, 0.1) is 0 Å². The van der Waals surface area contributed by atoms with Crippen molar-refractivity contribution >= 4 is 22.5 Å². The van der Waals surface area contributed by atoms with Crippen LogP contribution >= 0.6 is 11.6 Å². The molecular weight excluding hydrogens is 256 g/mol. The molecule has 0 amide bonds. The fraction of sp³-hybridized carbons (Fsp3) is 0.125. The van der Waals surface area contributed by atoms with Crippen LogP contribution in [0.15, 0.2) is 54.7 Å². The van der Waals surface area contributed by atoms with Gasteiger partial charge in [0, 0.05) is 28.2 Å². The zero-order chi connectivity index (χ0) is 13.2. The first-order chi connectivity index (χ1) is 9.24. The van der Waals surface area contributed by atoms with E-state index in [1.165, 1.54) is 10.9 Å². The maximum absolute atomic E-state index is 6.27.